The van der Waals surface area contributed by atoms with Crippen LogP contribution in [0.4, 0.5) is 0 Å². The SMILES string of the molecule is CC(Sc1nnc(-c2ccccc2)n1-c1ccccc1)c1nc2ccccc2c(=O)[nH]1. The van der Waals surface area contributed by atoms with Gasteiger partial charge < -0.3 is 4.98 Å². The van der Waals surface area contributed by atoms with Crippen LogP contribution >= 0.6 is 11.8 Å². The first-order chi connectivity index (χ1) is 15.2. The topological polar surface area (TPSA) is 76.5 Å². The zero-order chi connectivity index (χ0) is 21.2. The van der Waals surface area contributed by atoms with E-state index in [9.17, 15) is 4.79 Å². The number of rotatable bonds is 5. The van der Waals surface area contributed by atoms with Crippen LogP contribution in [0.3, 0.4) is 0 Å². The highest BCUT2D eigenvalue weighted by atomic mass is 32.2. The van der Waals surface area contributed by atoms with E-state index in [1.54, 1.807) is 6.07 Å². The summed E-state index contributed by atoms with van der Waals surface area (Å²) in [6, 6.07) is 27.4. The minimum absolute atomic E-state index is 0.132. The number of thioether (sulfide) groups is 1. The zero-order valence-corrected chi connectivity index (χ0v) is 17.6. The lowest BCUT2D eigenvalue weighted by Crippen LogP contribution is -2.13. The second-order valence-electron chi connectivity index (χ2n) is 7.07. The molecule has 31 heavy (non-hydrogen) atoms. The van der Waals surface area contributed by atoms with Crippen LogP contribution in [-0.2, 0) is 0 Å². The summed E-state index contributed by atoms with van der Waals surface area (Å²) in [6.07, 6.45) is 0. The van der Waals surface area contributed by atoms with Gasteiger partial charge in [-0.1, -0.05) is 72.4 Å². The Balaban J connectivity index is 1.57. The Hall–Kier alpha value is -3.71. The standard InChI is InChI=1S/C24H19N5OS/c1-16(21-25-20-15-9-8-14-19(20)23(30)26-21)31-24-28-27-22(17-10-4-2-5-11-17)29(24)18-12-6-3-7-13-18/h2-16H,1H3,(H,25,26,30). The summed E-state index contributed by atoms with van der Waals surface area (Å²) >= 11 is 1.51. The van der Waals surface area contributed by atoms with E-state index in [0.29, 0.717) is 16.7 Å². The van der Waals surface area contributed by atoms with Crippen molar-refractivity contribution in [1.29, 1.82) is 0 Å². The molecule has 2 aromatic heterocycles. The van der Waals surface area contributed by atoms with Gasteiger partial charge in [-0.15, -0.1) is 10.2 Å². The van der Waals surface area contributed by atoms with Gasteiger partial charge in [-0.2, -0.15) is 0 Å². The van der Waals surface area contributed by atoms with Crippen molar-refractivity contribution in [1.82, 2.24) is 24.7 Å². The summed E-state index contributed by atoms with van der Waals surface area (Å²) in [5, 5.41) is 10.1. The molecule has 3 aromatic carbocycles. The molecule has 0 amide bonds. The normalized spacial score (nSPS) is 12.2. The molecular formula is C24H19N5OS. The van der Waals surface area contributed by atoms with Gasteiger partial charge in [0, 0.05) is 11.3 Å². The minimum Gasteiger partial charge on any atom is -0.309 e. The highest BCUT2D eigenvalue weighted by Crippen LogP contribution is 2.35. The molecule has 0 aliphatic heterocycles. The fourth-order valence-corrected chi connectivity index (χ4v) is 4.37. The fourth-order valence-electron chi connectivity index (χ4n) is 3.44. The summed E-state index contributed by atoms with van der Waals surface area (Å²) in [4.78, 5) is 20.1. The number of fused-ring (bicyclic) bond motifs is 1. The van der Waals surface area contributed by atoms with E-state index in [2.05, 4.69) is 20.2 Å². The van der Waals surface area contributed by atoms with Crippen LogP contribution in [0.5, 0.6) is 0 Å². The molecule has 0 radical (unpaired) electrons. The van der Waals surface area contributed by atoms with Gasteiger partial charge in [-0.25, -0.2) is 4.98 Å². The van der Waals surface area contributed by atoms with Gasteiger partial charge in [0.25, 0.3) is 5.56 Å². The maximum Gasteiger partial charge on any atom is 0.258 e. The predicted molar refractivity (Wildman–Crippen MR) is 123 cm³/mol. The van der Waals surface area contributed by atoms with Gasteiger partial charge in [0.15, 0.2) is 11.0 Å². The minimum atomic E-state index is -0.137. The number of hydrogen-bond donors (Lipinski definition) is 1. The van der Waals surface area contributed by atoms with Crippen molar-refractivity contribution in [2.75, 3.05) is 0 Å². The number of hydrogen-bond acceptors (Lipinski definition) is 5. The number of nitrogens with zero attached hydrogens (tertiary/aromatic N) is 4. The number of aromatic amines is 1. The van der Waals surface area contributed by atoms with E-state index in [4.69, 9.17) is 0 Å². The molecule has 152 valence electrons. The van der Waals surface area contributed by atoms with Gasteiger partial charge in [0.2, 0.25) is 0 Å². The van der Waals surface area contributed by atoms with Crippen molar-refractivity contribution in [2.24, 2.45) is 0 Å². The number of para-hydroxylation sites is 2. The van der Waals surface area contributed by atoms with Gasteiger partial charge in [0.05, 0.1) is 16.2 Å². The molecule has 0 aliphatic rings. The Labute approximate surface area is 183 Å². The number of aromatic nitrogens is 5. The smallest absolute Gasteiger partial charge is 0.258 e. The molecule has 0 bridgehead atoms. The lowest BCUT2D eigenvalue weighted by atomic mass is 10.2. The first-order valence-corrected chi connectivity index (χ1v) is 10.8. The van der Waals surface area contributed by atoms with Crippen LogP contribution in [-0.4, -0.2) is 24.7 Å². The molecule has 6 nitrogen and oxygen atoms in total. The van der Waals surface area contributed by atoms with Crippen LogP contribution in [0.1, 0.15) is 18.0 Å². The number of nitrogens with one attached hydrogen (secondary N) is 1. The summed E-state index contributed by atoms with van der Waals surface area (Å²) in [7, 11) is 0. The van der Waals surface area contributed by atoms with Crippen molar-refractivity contribution in [3.8, 4) is 17.1 Å². The molecule has 1 unspecified atom stereocenters. The maximum atomic E-state index is 12.5. The first kappa shape index (κ1) is 19.3. The molecule has 0 saturated heterocycles. The third-order valence-electron chi connectivity index (χ3n) is 4.98. The van der Waals surface area contributed by atoms with E-state index < -0.39 is 0 Å². The van der Waals surface area contributed by atoms with Gasteiger partial charge in [-0.05, 0) is 31.2 Å². The Morgan fingerprint density at radius 2 is 1.55 bits per heavy atom. The average Bonchev–Trinajstić information content (AvgIpc) is 3.23. The number of H-pyrrole nitrogens is 1. The van der Waals surface area contributed by atoms with Crippen molar-refractivity contribution >= 4 is 22.7 Å². The molecule has 1 N–H and O–H groups in total. The van der Waals surface area contributed by atoms with E-state index in [0.717, 1.165) is 22.2 Å². The second-order valence-corrected chi connectivity index (χ2v) is 8.38. The molecule has 2 heterocycles. The lowest BCUT2D eigenvalue weighted by molar-refractivity contribution is 0.862. The van der Waals surface area contributed by atoms with E-state index in [1.165, 1.54) is 11.8 Å². The summed E-state index contributed by atoms with van der Waals surface area (Å²) in [6.45, 7) is 2.00. The quantitative estimate of drug-likeness (QED) is 0.400. The van der Waals surface area contributed by atoms with Crippen LogP contribution in [0, 0.1) is 0 Å². The van der Waals surface area contributed by atoms with Crippen LogP contribution in [0.15, 0.2) is 94.9 Å². The molecule has 0 spiro atoms. The van der Waals surface area contributed by atoms with Gasteiger partial charge >= 0.3 is 0 Å². The summed E-state index contributed by atoms with van der Waals surface area (Å²) < 4.78 is 2.04. The molecule has 7 heteroatoms. The largest absolute Gasteiger partial charge is 0.309 e. The molecule has 5 rings (SSSR count). The lowest BCUT2D eigenvalue weighted by Gasteiger charge is -2.13. The molecule has 0 aliphatic carbocycles. The van der Waals surface area contributed by atoms with Gasteiger partial charge in [0.1, 0.15) is 5.82 Å². The Morgan fingerprint density at radius 1 is 0.871 bits per heavy atom. The Kier molecular flexibility index (Phi) is 5.09. The third kappa shape index (κ3) is 3.75. The maximum absolute atomic E-state index is 12.5. The van der Waals surface area contributed by atoms with E-state index in [1.807, 2.05) is 90.4 Å². The van der Waals surface area contributed by atoms with Crippen LogP contribution in [0.2, 0.25) is 0 Å². The molecule has 1 atom stereocenters. The molecule has 0 saturated carbocycles. The van der Waals surface area contributed by atoms with Crippen molar-refractivity contribution in [3.05, 3.63) is 101 Å². The molecular weight excluding hydrogens is 406 g/mol. The zero-order valence-electron chi connectivity index (χ0n) is 16.8. The van der Waals surface area contributed by atoms with Crippen LogP contribution in [0.25, 0.3) is 28.0 Å². The summed E-state index contributed by atoms with van der Waals surface area (Å²) in [5.41, 5.74) is 2.50. The molecule has 0 fully saturated rings. The van der Waals surface area contributed by atoms with Crippen molar-refractivity contribution in [2.45, 2.75) is 17.3 Å². The average molecular weight is 426 g/mol. The highest BCUT2D eigenvalue weighted by Gasteiger charge is 2.20. The third-order valence-corrected chi connectivity index (χ3v) is 6.03. The molecule has 5 aromatic rings. The Bertz CT molecular complexity index is 1400. The monoisotopic (exact) mass is 425 g/mol. The number of benzene rings is 3. The fraction of sp³-hybridized carbons (Fsp3) is 0.0833. The second kappa shape index (κ2) is 8.20. The van der Waals surface area contributed by atoms with Crippen molar-refractivity contribution < 1.29 is 0 Å². The van der Waals surface area contributed by atoms with E-state index in [-0.39, 0.29) is 10.8 Å². The van der Waals surface area contributed by atoms with E-state index >= 15 is 0 Å². The highest BCUT2D eigenvalue weighted by molar-refractivity contribution is 7.99. The predicted octanol–water partition coefficient (Wildman–Crippen LogP) is 5.02. The van der Waals surface area contributed by atoms with Crippen molar-refractivity contribution in [3.63, 3.8) is 0 Å². The summed E-state index contributed by atoms with van der Waals surface area (Å²) in [5.74, 6) is 1.37. The Morgan fingerprint density at radius 3 is 2.32 bits per heavy atom. The first-order valence-electron chi connectivity index (χ1n) is 9.92. The van der Waals surface area contributed by atoms with Crippen LogP contribution < -0.4 is 5.56 Å². The van der Waals surface area contributed by atoms with Gasteiger partial charge in [-0.3, -0.25) is 9.36 Å².